The standard InChI is InChI=1S/C19H16ClN5O2/c20-14-4-6-15(7-5-14)24-25-17-13(10-16(21)23-18(17)22)9-11-2-1-3-12(8-11)19(26)27/h1-8,10H,9H2,(H,26,27)(H4,21,22,23). The lowest BCUT2D eigenvalue weighted by Crippen LogP contribution is -2.02. The minimum Gasteiger partial charge on any atom is -0.478 e. The molecule has 0 saturated heterocycles. The minimum atomic E-state index is -0.992. The Hall–Kier alpha value is -3.45. The lowest BCUT2D eigenvalue weighted by Gasteiger charge is -2.09. The van der Waals surface area contributed by atoms with E-state index in [0.717, 1.165) is 5.56 Å². The van der Waals surface area contributed by atoms with Crippen LogP contribution in [0.15, 0.2) is 64.8 Å². The van der Waals surface area contributed by atoms with Crippen molar-refractivity contribution in [3.63, 3.8) is 0 Å². The maximum atomic E-state index is 11.2. The van der Waals surface area contributed by atoms with Crippen LogP contribution in [0.1, 0.15) is 21.5 Å². The van der Waals surface area contributed by atoms with Gasteiger partial charge in [0.05, 0.1) is 11.3 Å². The van der Waals surface area contributed by atoms with E-state index in [-0.39, 0.29) is 17.2 Å². The SMILES string of the molecule is Nc1cc(Cc2cccc(C(=O)O)c2)c(N=Nc2ccc(Cl)cc2)c(N)n1. The van der Waals surface area contributed by atoms with E-state index < -0.39 is 5.97 Å². The van der Waals surface area contributed by atoms with Crippen LogP contribution in [0.4, 0.5) is 23.0 Å². The fourth-order valence-corrected chi connectivity index (χ4v) is 2.66. The minimum absolute atomic E-state index is 0.150. The van der Waals surface area contributed by atoms with Gasteiger partial charge in [-0.15, -0.1) is 5.11 Å². The first kappa shape index (κ1) is 18.3. The number of carboxylic acid groups (broad SMARTS) is 1. The summed E-state index contributed by atoms with van der Waals surface area (Å²) in [6.07, 6.45) is 0.382. The van der Waals surface area contributed by atoms with E-state index in [1.54, 1.807) is 42.5 Å². The number of carboxylic acids is 1. The molecule has 7 nitrogen and oxygen atoms in total. The first-order valence-corrected chi connectivity index (χ1v) is 8.34. The Morgan fingerprint density at radius 2 is 1.81 bits per heavy atom. The molecule has 0 aliphatic carbocycles. The van der Waals surface area contributed by atoms with Crippen LogP contribution in [0, 0.1) is 0 Å². The van der Waals surface area contributed by atoms with Crippen molar-refractivity contribution in [2.24, 2.45) is 10.2 Å². The summed E-state index contributed by atoms with van der Waals surface area (Å²) in [6.45, 7) is 0. The molecule has 0 aliphatic rings. The zero-order chi connectivity index (χ0) is 19.4. The molecule has 0 unspecified atom stereocenters. The Morgan fingerprint density at radius 3 is 2.52 bits per heavy atom. The zero-order valence-electron chi connectivity index (χ0n) is 14.1. The Morgan fingerprint density at radius 1 is 1.07 bits per heavy atom. The zero-order valence-corrected chi connectivity index (χ0v) is 14.9. The molecule has 0 radical (unpaired) electrons. The fraction of sp³-hybridized carbons (Fsp3) is 0.0526. The van der Waals surface area contributed by atoms with Crippen LogP contribution in [-0.2, 0) is 6.42 Å². The molecular weight excluding hydrogens is 366 g/mol. The van der Waals surface area contributed by atoms with E-state index in [1.807, 2.05) is 6.07 Å². The van der Waals surface area contributed by atoms with Gasteiger partial charge in [0.2, 0.25) is 0 Å². The highest BCUT2D eigenvalue weighted by Crippen LogP contribution is 2.31. The van der Waals surface area contributed by atoms with E-state index >= 15 is 0 Å². The third-order valence-electron chi connectivity index (χ3n) is 3.78. The summed E-state index contributed by atoms with van der Waals surface area (Å²) in [7, 11) is 0. The molecule has 0 bridgehead atoms. The van der Waals surface area contributed by atoms with Gasteiger partial charge in [-0.25, -0.2) is 9.78 Å². The highest BCUT2D eigenvalue weighted by Gasteiger charge is 2.12. The average Bonchev–Trinajstić information content (AvgIpc) is 2.62. The quantitative estimate of drug-likeness (QED) is 0.556. The predicted molar refractivity (Wildman–Crippen MR) is 105 cm³/mol. The summed E-state index contributed by atoms with van der Waals surface area (Å²) >= 11 is 5.86. The molecule has 0 spiro atoms. The second-order valence-electron chi connectivity index (χ2n) is 5.80. The van der Waals surface area contributed by atoms with E-state index in [9.17, 15) is 4.79 Å². The number of azo groups is 1. The molecule has 0 aliphatic heterocycles. The predicted octanol–water partition coefficient (Wildman–Crippen LogP) is 4.60. The molecule has 3 aromatic rings. The summed E-state index contributed by atoms with van der Waals surface area (Å²) in [6, 6.07) is 15.1. The van der Waals surface area contributed by atoms with Gasteiger partial charge >= 0.3 is 5.97 Å². The maximum absolute atomic E-state index is 11.2. The first-order valence-electron chi connectivity index (χ1n) is 7.97. The topological polar surface area (TPSA) is 127 Å². The van der Waals surface area contributed by atoms with Crippen molar-refractivity contribution in [3.05, 3.63) is 76.3 Å². The van der Waals surface area contributed by atoms with E-state index in [4.69, 9.17) is 28.2 Å². The number of benzene rings is 2. The number of carbonyl (C=O) groups is 1. The number of nitrogens with zero attached hydrogens (tertiary/aromatic N) is 3. The number of hydrogen-bond donors (Lipinski definition) is 3. The first-order chi connectivity index (χ1) is 12.9. The van der Waals surface area contributed by atoms with Gasteiger partial charge in [-0.1, -0.05) is 23.7 Å². The van der Waals surface area contributed by atoms with Crippen LogP contribution >= 0.6 is 11.6 Å². The van der Waals surface area contributed by atoms with Crippen LogP contribution in [-0.4, -0.2) is 16.1 Å². The third kappa shape index (κ3) is 4.59. The van der Waals surface area contributed by atoms with Gasteiger partial charge in [0.1, 0.15) is 11.5 Å². The molecule has 8 heteroatoms. The number of nitrogens with two attached hydrogens (primary N) is 2. The summed E-state index contributed by atoms with van der Waals surface area (Å²) in [5.74, 6) is -0.590. The largest absolute Gasteiger partial charge is 0.478 e. The van der Waals surface area contributed by atoms with Crippen molar-refractivity contribution >= 4 is 40.6 Å². The molecule has 3 rings (SSSR count). The van der Waals surface area contributed by atoms with Crippen LogP contribution in [0.2, 0.25) is 5.02 Å². The van der Waals surface area contributed by atoms with Gasteiger partial charge in [-0.05, 0) is 60.0 Å². The van der Waals surface area contributed by atoms with Gasteiger partial charge in [0.25, 0.3) is 0 Å². The van der Waals surface area contributed by atoms with Crippen molar-refractivity contribution in [3.8, 4) is 0 Å². The number of halogens is 1. The van der Waals surface area contributed by atoms with Crippen molar-refractivity contribution in [1.82, 2.24) is 4.98 Å². The van der Waals surface area contributed by atoms with Crippen LogP contribution in [0.5, 0.6) is 0 Å². The molecule has 2 aromatic carbocycles. The van der Waals surface area contributed by atoms with Crippen LogP contribution in [0.25, 0.3) is 0 Å². The molecular formula is C19H16ClN5O2. The molecule has 0 amide bonds. The van der Waals surface area contributed by atoms with Gasteiger partial charge in [0, 0.05) is 5.02 Å². The van der Waals surface area contributed by atoms with Gasteiger partial charge < -0.3 is 16.6 Å². The highest BCUT2D eigenvalue weighted by atomic mass is 35.5. The Labute approximate surface area is 160 Å². The Balaban J connectivity index is 1.96. The number of aromatic nitrogens is 1. The van der Waals surface area contributed by atoms with Gasteiger partial charge in [-0.2, -0.15) is 5.11 Å². The number of hydrogen-bond acceptors (Lipinski definition) is 6. The van der Waals surface area contributed by atoms with E-state index in [1.165, 1.54) is 6.07 Å². The van der Waals surface area contributed by atoms with Crippen molar-refractivity contribution < 1.29 is 9.90 Å². The normalized spacial score (nSPS) is 11.0. The Kier molecular flexibility index (Phi) is 5.33. The lowest BCUT2D eigenvalue weighted by atomic mass is 10.0. The monoisotopic (exact) mass is 381 g/mol. The van der Waals surface area contributed by atoms with Gasteiger partial charge in [0.15, 0.2) is 5.82 Å². The van der Waals surface area contributed by atoms with Crippen molar-refractivity contribution in [1.29, 1.82) is 0 Å². The summed E-state index contributed by atoms with van der Waals surface area (Å²) in [4.78, 5) is 15.2. The lowest BCUT2D eigenvalue weighted by molar-refractivity contribution is 0.0696. The summed E-state index contributed by atoms with van der Waals surface area (Å²) < 4.78 is 0. The Bertz CT molecular complexity index is 1020. The van der Waals surface area contributed by atoms with Crippen molar-refractivity contribution in [2.45, 2.75) is 6.42 Å². The third-order valence-corrected chi connectivity index (χ3v) is 4.03. The highest BCUT2D eigenvalue weighted by molar-refractivity contribution is 6.30. The molecule has 0 saturated carbocycles. The number of aromatic carboxylic acids is 1. The summed E-state index contributed by atoms with van der Waals surface area (Å²) in [5.41, 5.74) is 14.5. The molecule has 27 heavy (non-hydrogen) atoms. The number of anilines is 2. The molecule has 0 fully saturated rings. The molecule has 1 heterocycles. The molecule has 0 atom stereocenters. The second-order valence-corrected chi connectivity index (χ2v) is 6.24. The van der Waals surface area contributed by atoms with Gasteiger partial charge in [-0.3, -0.25) is 0 Å². The number of rotatable bonds is 5. The molecule has 5 N–H and O–H groups in total. The second kappa shape index (κ2) is 7.84. The fourth-order valence-electron chi connectivity index (χ4n) is 2.54. The number of pyridine rings is 1. The van der Waals surface area contributed by atoms with Crippen LogP contribution < -0.4 is 11.5 Å². The molecule has 1 aromatic heterocycles. The smallest absolute Gasteiger partial charge is 0.335 e. The number of nitrogen functional groups attached to an aromatic ring is 2. The van der Waals surface area contributed by atoms with E-state index in [0.29, 0.717) is 28.4 Å². The molecule has 136 valence electrons. The van der Waals surface area contributed by atoms with Crippen molar-refractivity contribution in [2.75, 3.05) is 11.5 Å². The maximum Gasteiger partial charge on any atom is 0.335 e. The van der Waals surface area contributed by atoms with E-state index in [2.05, 4.69) is 15.2 Å². The van der Waals surface area contributed by atoms with Crippen LogP contribution in [0.3, 0.4) is 0 Å². The average molecular weight is 382 g/mol. The summed E-state index contributed by atoms with van der Waals surface area (Å²) in [5, 5.41) is 18.1.